The maximum Gasteiger partial charge on any atom is 0.417 e. The number of carbonyl (C=O) groups is 1. The molecule has 9 nitrogen and oxygen atoms in total. The van der Waals surface area contributed by atoms with Crippen LogP contribution in [0, 0.1) is 10.1 Å². The topological polar surface area (TPSA) is 128 Å². The van der Waals surface area contributed by atoms with Crippen molar-refractivity contribution in [2.45, 2.75) is 17.2 Å². The van der Waals surface area contributed by atoms with Gasteiger partial charge in [0.05, 0.1) is 20.9 Å². The molecule has 2 aromatic carbocycles. The molecule has 0 radical (unpaired) electrons. The Labute approximate surface area is 207 Å². The third kappa shape index (κ3) is 6.45. The van der Waals surface area contributed by atoms with Gasteiger partial charge in [0.1, 0.15) is 16.3 Å². The molecule has 3 rings (SSSR count). The number of halogens is 7. The van der Waals surface area contributed by atoms with Crippen molar-refractivity contribution in [1.29, 1.82) is 0 Å². The van der Waals surface area contributed by atoms with E-state index in [0.717, 1.165) is 24.3 Å². The lowest BCUT2D eigenvalue weighted by Crippen LogP contribution is -2.31. The molecule has 0 atom stereocenters. The first-order valence-corrected chi connectivity index (χ1v) is 11.3. The molecular weight excluding hydrogens is 560 g/mol. The Morgan fingerprint density at radius 2 is 1.65 bits per heavy atom. The van der Waals surface area contributed by atoms with Crippen molar-refractivity contribution in [2.24, 2.45) is 0 Å². The number of nitrogens with zero attached hydrogens (tertiary/aromatic N) is 2. The molecule has 0 fully saturated rings. The van der Waals surface area contributed by atoms with Gasteiger partial charge in [0.15, 0.2) is 0 Å². The van der Waals surface area contributed by atoms with Crippen LogP contribution in [0.4, 0.5) is 32.0 Å². The number of nitro benzene ring substituents is 1. The van der Waals surface area contributed by atoms with Gasteiger partial charge in [-0.1, -0.05) is 17.7 Å². The second kappa shape index (κ2) is 9.85. The fraction of sp³-hybridized carbons (Fsp3) is 0.100. The van der Waals surface area contributed by atoms with E-state index in [1.54, 1.807) is 0 Å². The Balaban J connectivity index is 1.94. The van der Waals surface area contributed by atoms with Crippen molar-refractivity contribution >= 4 is 33.2 Å². The Hall–Kier alpha value is -3.92. The highest BCUT2D eigenvalue weighted by Gasteiger charge is 2.33. The number of benzene rings is 2. The number of hydrogen-bond donors (Lipinski definition) is 1. The molecule has 1 amide bonds. The summed E-state index contributed by atoms with van der Waals surface area (Å²) < 4.78 is 109. The van der Waals surface area contributed by atoms with Crippen LogP contribution < -0.4 is 9.46 Å². The molecule has 0 saturated heterocycles. The van der Waals surface area contributed by atoms with Gasteiger partial charge in [0.2, 0.25) is 5.88 Å². The van der Waals surface area contributed by atoms with Crippen LogP contribution in [0.2, 0.25) is 5.02 Å². The molecule has 37 heavy (non-hydrogen) atoms. The first kappa shape index (κ1) is 27.7. The average molecular weight is 570 g/mol. The molecule has 196 valence electrons. The SMILES string of the molecule is O=C(NS(=O)(=O)c1cccc(C(F)(F)F)c1)c1cc(Oc2ncc(C(F)(F)F)cc2Cl)ccc1[N+](=O)[O-]. The van der Waals surface area contributed by atoms with E-state index in [1.807, 2.05) is 0 Å². The van der Waals surface area contributed by atoms with Gasteiger partial charge in [0.25, 0.3) is 21.6 Å². The van der Waals surface area contributed by atoms with E-state index >= 15 is 0 Å². The second-order valence-electron chi connectivity index (χ2n) is 7.01. The lowest BCUT2D eigenvalue weighted by molar-refractivity contribution is -0.385. The fourth-order valence-electron chi connectivity index (χ4n) is 2.76. The number of alkyl halides is 6. The van der Waals surface area contributed by atoms with E-state index in [4.69, 9.17) is 16.3 Å². The van der Waals surface area contributed by atoms with Crippen molar-refractivity contribution < 1.29 is 49.2 Å². The van der Waals surface area contributed by atoms with Crippen LogP contribution in [0.3, 0.4) is 0 Å². The van der Waals surface area contributed by atoms with E-state index in [2.05, 4.69) is 4.98 Å². The highest BCUT2D eigenvalue weighted by molar-refractivity contribution is 7.90. The zero-order chi connectivity index (χ0) is 27.8. The van der Waals surface area contributed by atoms with Gasteiger partial charge >= 0.3 is 12.4 Å². The molecule has 0 saturated carbocycles. The molecule has 0 aliphatic carbocycles. The number of hydrogen-bond acceptors (Lipinski definition) is 7. The van der Waals surface area contributed by atoms with Gasteiger partial charge < -0.3 is 4.74 Å². The minimum absolute atomic E-state index is 0.252. The van der Waals surface area contributed by atoms with Crippen LogP contribution in [0.5, 0.6) is 11.6 Å². The monoisotopic (exact) mass is 569 g/mol. The van der Waals surface area contributed by atoms with Gasteiger partial charge in [-0.2, -0.15) is 26.3 Å². The van der Waals surface area contributed by atoms with Gasteiger partial charge in [-0.05, 0) is 30.3 Å². The van der Waals surface area contributed by atoms with Gasteiger partial charge in [-0.3, -0.25) is 14.9 Å². The summed E-state index contributed by atoms with van der Waals surface area (Å²) >= 11 is 5.73. The lowest BCUT2D eigenvalue weighted by atomic mass is 10.1. The van der Waals surface area contributed by atoms with Gasteiger partial charge in [0, 0.05) is 18.3 Å². The molecule has 0 bridgehead atoms. The van der Waals surface area contributed by atoms with Crippen LogP contribution in [-0.4, -0.2) is 24.2 Å². The summed E-state index contributed by atoms with van der Waals surface area (Å²) in [5.74, 6) is -2.60. The third-order valence-electron chi connectivity index (χ3n) is 4.46. The molecule has 1 heterocycles. The Morgan fingerprint density at radius 1 is 1.00 bits per heavy atom. The highest BCUT2D eigenvalue weighted by Crippen LogP contribution is 2.36. The predicted octanol–water partition coefficient (Wildman–Crippen LogP) is 5.59. The summed E-state index contributed by atoms with van der Waals surface area (Å²) in [5.41, 5.74) is -4.35. The average Bonchev–Trinajstić information content (AvgIpc) is 2.78. The summed E-state index contributed by atoms with van der Waals surface area (Å²) in [6.07, 6.45) is -9.27. The predicted molar refractivity (Wildman–Crippen MR) is 114 cm³/mol. The molecule has 1 aromatic heterocycles. The smallest absolute Gasteiger partial charge is 0.417 e. The first-order chi connectivity index (χ1) is 17.0. The normalized spacial score (nSPS) is 12.2. The summed E-state index contributed by atoms with van der Waals surface area (Å²) in [6.45, 7) is 0. The maximum absolute atomic E-state index is 12.9. The number of nitro groups is 1. The molecule has 3 aromatic rings. The van der Waals surface area contributed by atoms with E-state index in [0.29, 0.717) is 24.4 Å². The van der Waals surface area contributed by atoms with Crippen molar-refractivity contribution in [1.82, 2.24) is 9.71 Å². The Morgan fingerprint density at radius 3 is 2.22 bits per heavy atom. The second-order valence-corrected chi connectivity index (χ2v) is 9.10. The number of amides is 1. The lowest BCUT2D eigenvalue weighted by Gasteiger charge is -2.12. The summed E-state index contributed by atoms with van der Waals surface area (Å²) in [6, 6.07) is 5.19. The molecule has 0 aliphatic heterocycles. The van der Waals surface area contributed by atoms with Crippen LogP contribution in [0.15, 0.2) is 59.6 Å². The summed E-state index contributed by atoms with van der Waals surface area (Å²) in [4.78, 5) is 25.4. The molecule has 17 heteroatoms. The maximum atomic E-state index is 12.9. The van der Waals surface area contributed by atoms with Gasteiger partial charge in [-0.25, -0.2) is 18.1 Å². The number of aromatic nitrogens is 1. The van der Waals surface area contributed by atoms with Crippen LogP contribution in [-0.2, 0) is 22.4 Å². The van der Waals surface area contributed by atoms with E-state index in [-0.39, 0.29) is 6.07 Å². The highest BCUT2D eigenvalue weighted by atomic mass is 35.5. The van der Waals surface area contributed by atoms with Gasteiger partial charge in [-0.15, -0.1) is 0 Å². The minimum atomic E-state index is -4.93. The van der Waals surface area contributed by atoms with Crippen LogP contribution in [0.1, 0.15) is 21.5 Å². The zero-order valence-corrected chi connectivity index (χ0v) is 19.2. The number of nitrogens with one attached hydrogen (secondary N) is 1. The minimum Gasteiger partial charge on any atom is -0.438 e. The first-order valence-electron chi connectivity index (χ1n) is 9.42. The molecule has 0 unspecified atom stereocenters. The van der Waals surface area contributed by atoms with E-state index in [9.17, 15) is 49.7 Å². The third-order valence-corrected chi connectivity index (χ3v) is 6.06. The Kier molecular flexibility index (Phi) is 7.37. The zero-order valence-electron chi connectivity index (χ0n) is 17.6. The standard InChI is InChI=1S/C20H10ClF6N3O6S/c21-15-7-11(20(25,26)27)9-28-18(15)36-12-4-5-16(30(32)33)14(8-12)17(31)29-37(34,35)13-3-1-2-10(6-13)19(22,23)24/h1-9H,(H,29,31). The van der Waals surface area contributed by atoms with E-state index < -0.39 is 77.1 Å². The Bertz CT molecular complexity index is 1490. The van der Waals surface area contributed by atoms with Crippen molar-refractivity contribution in [2.75, 3.05) is 0 Å². The summed E-state index contributed by atoms with van der Waals surface area (Å²) in [7, 11) is -4.93. The van der Waals surface area contributed by atoms with Crippen molar-refractivity contribution in [3.63, 3.8) is 0 Å². The van der Waals surface area contributed by atoms with Crippen molar-refractivity contribution in [3.05, 3.63) is 86.6 Å². The van der Waals surface area contributed by atoms with Crippen LogP contribution in [0.25, 0.3) is 0 Å². The number of carbonyl (C=O) groups excluding carboxylic acids is 1. The molecule has 0 aliphatic rings. The number of rotatable bonds is 6. The van der Waals surface area contributed by atoms with E-state index in [1.165, 1.54) is 4.72 Å². The summed E-state index contributed by atoms with van der Waals surface area (Å²) in [5, 5.41) is 10.7. The quantitative estimate of drug-likeness (QED) is 0.233. The molecule has 0 spiro atoms. The largest absolute Gasteiger partial charge is 0.438 e. The number of pyridine rings is 1. The molecular formula is C20H10ClF6N3O6S. The molecule has 1 N–H and O–H groups in total. The number of sulfonamides is 1. The van der Waals surface area contributed by atoms with Crippen molar-refractivity contribution in [3.8, 4) is 11.6 Å². The number of ether oxygens (including phenoxy) is 1. The fourth-order valence-corrected chi connectivity index (χ4v) is 3.98. The van der Waals surface area contributed by atoms with Crippen LogP contribution >= 0.6 is 11.6 Å².